The van der Waals surface area contributed by atoms with Crippen molar-refractivity contribution in [3.05, 3.63) is 10.1 Å². The molecule has 1 rings (SSSR count). The number of Topliss-reactive ketones (excluding diaryl/α,β-unsaturated/α-hetero) is 1. The fraction of sp³-hybridized carbons (Fsp3) is 0.875. The molecule has 1 saturated carbocycles. The molecular formula is C8H12FNO3. The van der Waals surface area contributed by atoms with Crippen LogP contribution in [-0.2, 0) is 4.79 Å². The Bertz CT molecular complexity index is 240. The van der Waals surface area contributed by atoms with E-state index in [4.69, 9.17) is 0 Å². The molecule has 1 aliphatic carbocycles. The summed E-state index contributed by atoms with van der Waals surface area (Å²) in [6.45, 7) is 1.01. The van der Waals surface area contributed by atoms with E-state index in [0.29, 0.717) is 0 Å². The maximum Gasteiger partial charge on any atom is 0.212 e. The number of carbonyl (C=O) groups is 1. The number of hydrogen-bond donors (Lipinski definition) is 0. The largest absolute Gasteiger partial charge is 0.300 e. The summed E-state index contributed by atoms with van der Waals surface area (Å²) in [4.78, 5) is 20.7. The summed E-state index contributed by atoms with van der Waals surface area (Å²) in [5.74, 6) is -0.0711. The van der Waals surface area contributed by atoms with Crippen LogP contribution in [0.5, 0.6) is 0 Å². The first kappa shape index (κ1) is 10.1. The molecule has 2 atom stereocenters. The highest BCUT2D eigenvalue weighted by molar-refractivity contribution is 5.80. The third kappa shape index (κ3) is 2.23. The van der Waals surface area contributed by atoms with Crippen molar-refractivity contribution < 1.29 is 14.1 Å². The van der Waals surface area contributed by atoms with Crippen LogP contribution in [0.3, 0.4) is 0 Å². The second-order valence-electron chi connectivity index (χ2n) is 3.87. The first-order valence-corrected chi connectivity index (χ1v) is 4.21. The SMILES string of the molecule is C[C@@]1(C[N+](=O)[O-])CC(=O)CC[C@H]1F. The highest BCUT2D eigenvalue weighted by Gasteiger charge is 2.44. The van der Waals surface area contributed by atoms with Crippen LogP contribution in [0.25, 0.3) is 0 Å². The zero-order valence-electron chi connectivity index (χ0n) is 7.46. The van der Waals surface area contributed by atoms with Gasteiger partial charge in [-0.05, 0) is 6.42 Å². The lowest BCUT2D eigenvalue weighted by Gasteiger charge is -2.32. The molecule has 4 nitrogen and oxygen atoms in total. The standard InChI is InChI=1S/C8H12FNO3/c1-8(5-10(12)13)4-6(11)2-3-7(8)9/h7H,2-5H2,1H3/t7-,8+/m1/s1. The fourth-order valence-electron chi connectivity index (χ4n) is 1.74. The first-order chi connectivity index (χ1) is 5.94. The molecule has 0 heterocycles. The summed E-state index contributed by atoms with van der Waals surface area (Å²) < 4.78 is 13.3. The first-order valence-electron chi connectivity index (χ1n) is 4.21. The van der Waals surface area contributed by atoms with Crippen LogP contribution in [0.1, 0.15) is 26.2 Å². The van der Waals surface area contributed by atoms with Gasteiger partial charge in [-0.2, -0.15) is 0 Å². The van der Waals surface area contributed by atoms with Crippen molar-refractivity contribution in [1.29, 1.82) is 0 Å². The van der Waals surface area contributed by atoms with E-state index in [2.05, 4.69) is 0 Å². The zero-order chi connectivity index (χ0) is 10.1. The van der Waals surface area contributed by atoms with Gasteiger partial charge in [0.2, 0.25) is 6.54 Å². The van der Waals surface area contributed by atoms with Crippen molar-refractivity contribution in [2.75, 3.05) is 6.54 Å². The van der Waals surface area contributed by atoms with E-state index in [1.807, 2.05) is 0 Å². The molecular weight excluding hydrogens is 177 g/mol. The van der Waals surface area contributed by atoms with Crippen molar-refractivity contribution in [1.82, 2.24) is 0 Å². The molecule has 0 aromatic heterocycles. The van der Waals surface area contributed by atoms with Crippen molar-refractivity contribution in [3.63, 3.8) is 0 Å². The lowest BCUT2D eigenvalue weighted by atomic mass is 9.74. The van der Waals surface area contributed by atoms with E-state index in [1.54, 1.807) is 0 Å². The van der Waals surface area contributed by atoms with Crippen LogP contribution in [0, 0.1) is 15.5 Å². The monoisotopic (exact) mass is 189 g/mol. The van der Waals surface area contributed by atoms with E-state index in [1.165, 1.54) is 6.92 Å². The summed E-state index contributed by atoms with van der Waals surface area (Å²) in [6.07, 6.45) is -0.886. The lowest BCUT2D eigenvalue weighted by molar-refractivity contribution is -0.499. The molecule has 0 spiro atoms. The molecule has 0 unspecified atom stereocenters. The number of rotatable bonds is 2. The van der Waals surface area contributed by atoms with Crippen molar-refractivity contribution in [2.45, 2.75) is 32.4 Å². The van der Waals surface area contributed by atoms with Gasteiger partial charge in [-0.25, -0.2) is 4.39 Å². The van der Waals surface area contributed by atoms with E-state index in [-0.39, 0.29) is 25.0 Å². The molecule has 0 aromatic rings. The van der Waals surface area contributed by atoms with Crippen LogP contribution in [0.2, 0.25) is 0 Å². The Hall–Kier alpha value is -1.00. The average molecular weight is 189 g/mol. The van der Waals surface area contributed by atoms with Gasteiger partial charge in [0.05, 0.1) is 5.41 Å². The molecule has 0 bridgehead atoms. The number of ketones is 1. The molecule has 74 valence electrons. The van der Waals surface area contributed by atoms with Crippen molar-refractivity contribution >= 4 is 5.78 Å². The molecule has 0 aromatic carbocycles. The summed E-state index contributed by atoms with van der Waals surface area (Å²) in [5.41, 5.74) is -1.08. The van der Waals surface area contributed by atoms with Crippen molar-refractivity contribution in [3.8, 4) is 0 Å². The Labute approximate surface area is 75.3 Å². The van der Waals surface area contributed by atoms with E-state index >= 15 is 0 Å². The maximum absolute atomic E-state index is 13.3. The van der Waals surface area contributed by atoms with Crippen LogP contribution in [0.15, 0.2) is 0 Å². The minimum atomic E-state index is -1.23. The molecule has 0 radical (unpaired) electrons. The normalized spacial score (nSPS) is 34.6. The van der Waals surface area contributed by atoms with Gasteiger partial charge in [0.1, 0.15) is 12.0 Å². The minimum Gasteiger partial charge on any atom is -0.300 e. The quantitative estimate of drug-likeness (QED) is 0.486. The second kappa shape index (κ2) is 3.40. The van der Waals surface area contributed by atoms with Gasteiger partial charge in [-0.15, -0.1) is 0 Å². The topological polar surface area (TPSA) is 60.2 Å². The van der Waals surface area contributed by atoms with Crippen molar-refractivity contribution in [2.24, 2.45) is 5.41 Å². The predicted octanol–water partition coefficient (Wildman–Crippen LogP) is 1.36. The maximum atomic E-state index is 13.3. The molecule has 0 aliphatic heterocycles. The smallest absolute Gasteiger partial charge is 0.212 e. The Morgan fingerprint density at radius 1 is 1.77 bits per heavy atom. The molecule has 1 fully saturated rings. The summed E-state index contributed by atoms with van der Waals surface area (Å²) in [7, 11) is 0. The lowest BCUT2D eigenvalue weighted by Crippen LogP contribution is -2.41. The summed E-state index contributed by atoms with van der Waals surface area (Å²) >= 11 is 0. The third-order valence-electron chi connectivity index (χ3n) is 2.52. The van der Waals surface area contributed by atoms with Crippen LogP contribution >= 0.6 is 0 Å². The molecule has 13 heavy (non-hydrogen) atoms. The van der Waals surface area contributed by atoms with Gasteiger partial charge in [0.25, 0.3) is 0 Å². The van der Waals surface area contributed by atoms with E-state index < -0.39 is 23.1 Å². The fourth-order valence-corrected chi connectivity index (χ4v) is 1.74. The van der Waals surface area contributed by atoms with E-state index in [0.717, 1.165) is 0 Å². The van der Waals surface area contributed by atoms with Gasteiger partial charge in [0.15, 0.2) is 0 Å². The highest BCUT2D eigenvalue weighted by atomic mass is 19.1. The summed E-state index contributed by atoms with van der Waals surface area (Å²) in [5, 5.41) is 10.3. The predicted molar refractivity (Wildman–Crippen MR) is 43.7 cm³/mol. The molecule has 0 amide bonds. The number of alkyl halides is 1. The van der Waals surface area contributed by atoms with Gasteiger partial charge in [0, 0.05) is 17.8 Å². The zero-order valence-corrected chi connectivity index (χ0v) is 7.46. The van der Waals surface area contributed by atoms with Gasteiger partial charge in [-0.1, -0.05) is 6.92 Å². The Balaban J connectivity index is 2.72. The van der Waals surface area contributed by atoms with Gasteiger partial charge in [-0.3, -0.25) is 14.9 Å². The Kier molecular flexibility index (Phi) is 2.63. The Morgan fingerprint density at radius 3 is 2.92 bits per heavy atom. The molecule has 0 N–H and O–H groups in total. The highest BCUT2D eigenvalue weighted by Crippen LogP contribution is 2.36. The molecule has 1 aliphatic rings. The minimum absolute atomic E-state index is 0.00481. The van der Waals surface area contributed by atoms with Crippen LogP contribution in [-0.4, -0.2) is 23.4 Å². The van der Waals surface area contributed by atoms with Crippen LogP contribution < -0.4 is 0 Å². The number of hydrogen-bond acceptors (Lipinski definition) is 3. The van der Waals surface area contributed by atoms with Crippen LogP contribution in [0.4, 0.5) is 4.39 Å². The Morgan fingerprint density at radius 2 is 2.38 bits per heavy atom. The molecule has 5 heteroatoms. The molecule has 0 saturated heterocycles. The van der Waals surface area contributed by atoms with E-state index in [9.17, 15) is 19.3 Å². The average Bonchev–Trinajstić information content (AvgIpc) is 1.95. The summed E-state index contributed by atoms with van der Waals surface area (Å²) in [6, 6.07) is 0. The number of nitrogens with zero attached hydrogens (tertiary/aromatic N) is 1. The number of nitro groups is 1. The number of halogens is 1. The number of carbonyl (C=O) groups excluding carboxylic acids is 1. The van der Waals surface area contributed by atoms with Gasteiger partial charge >= 0.3 is 0 Å². The van der Waals surface area contributed by atoms with Gasteiger partial charge < -0.3 is 0 Å². The second-order valence-corrected chi connectivity index (χ2v) is 3.87. The third-order valence-corrected chi connectivity index (χ3v) is 2.52.